The molecule has 1 aliphatic rings. The Morgan fingerprint density at radius 3 is 2.21 bits per heavy atom. The van der Waals surface area contributed by atoms with Gasteiger partial charge >= 0.3 is 0 Å². The summed E-state index contributed by atoms with van der Waals surface area (Å²) in [6.07, 6.45) is 1.26. The Morgan fingerprint density at radius 1 is 1.00 bits per heavy atom. The smallest absolute Gasteiger partial charge is 0.246 e. The van der Waals surface area contributed by atoms with Gasteiger partial charge < -0.3 is 9.47 Å². The number of benzene rings is 1. The first-order chi connectivity index (χ1) is 13.3. The molecule has 1 saturated heterocycles. The van der Waals surface area contributed by atoms with Gasteiger partial charge in [-0.3, -0.25) is 0 Å². The Kier molecular flexibility index (Phi) is 7.65. The van der Waals surface area contributed by atoms with Crippen LogP contribution in [0.5, 0.6) is 11.5 Å². The molecular weight excluding hydrogens is 406 g/mol. The van der Waals surface area contributed by atoms with Crippen LogP contribution >= 0.6 is 0 Å². The van der Waals surface area contributed by atoms with Gasteiger partial charge in [-0.15, -0.1) is 0 Å². The number of methoxy groups -OCH3 is 2. The molecule has 0 atom stereocenters. The molecule has 0 spiro atoms. The zero-order valence-electron chi connectivity index (χ0n) is 16.0. The van der Waals surface area contributed by atoms with Gasteiger partial charge in [0, 0.05) is 38.7 Å². The highest BCUT2D eigenvalue weighted by Gasteiger charge is 2.34. The van der Waals surface area contributed by atoms with Crippen molar-refractivity contribution in [3.05, 3.63) is 18.2 Å². The second kappa shape index (κ2) is 9.56. The third-order valence-electron chi connectivity index (χ3n) is 4.52. The molecule has 0 radical (unpaired) electrons. The van der Waals surface area contributed by atoms with E-state index in [1.807, 2.05) is 6.07 Å². The highest BCUT2D eigenvalue weighted by atomic mass is 32.2. The van der Waals surface area contributed by atoms with Gasteiger partial charge in [-0.05, 0) is 25.0 Å². The Labute approximate surface area is 166 Å². The fourth-order valence-corrected chi connectivity index (χ4v) is 6.07. The molecule has 0 N–H and O–H groups in total. The number of hydrogen-bond donors (Lipinski definition) is 0. The highest BCUT2D eigenvalue weighted by Crippen LogP contribution is 2.31. The number of piperazine rings is 1. The molecule has 0 aromatic heterocycles. The molecule has 9 nitrogen and oxygen atoms in total. The SMILES string of the molecule is COc1ccc(OC)c(S(=O)(=O)N2CCN(S(=O)(=O)CCCCC#N)CC2)c1. The van der Waals surface area contributed by atoms with Crippen molar-refractivity contribution in [1.82, 2.24) is 8.61 Å². The molecule has 2 rings (SSSR count). The first kappa shape index (κ1) is 22.4. The molecule has 0 saturated carbocycles. The van der Waals surface area contributed by atoms with Gasteiger partial charge in [-0.25, -0.2) is 16.8 Å². The molecule has 1 aromatic rings. The van der Waals surface area contributed by atoms with Crippen molar-refractivity contribution in [2.45, 2.75) is 24.2 Å². The van der Waals surface area contributed by atoms with E-state index in [1.54, 1.807) is 6.07 Å². The minimum Gasteiger partial charge on any atom is -0.497 e. The summed E-state index contributed by atoms with van der Waals surface area (Å²) in [5.74, 6) is 0.553. The molecule has 0 bridgehead atoms. The van der Waals surface area contributed by atoms with Crippen LogP contribution in [0, 0.1) is 11.3 Å². The highest BCUT2D eigenvalue weighted by molar-refractivity contribution is 7.89. The van der Waals surface area contributed by atoms with Gasteiger partial charge in [0.25, 0.3) is 0 Å². The first-order valence-corrected chi connectivity index (χ1v) is 11.9. The van der Waals surface area contributed by atoms with Crippen LogP contribution in [-0.4, -0.2) is 71.6 Å². The predicted molar refractivity (Wildman–Crippen MR) is 103 cm³/mol. The van der Waals surface area contributed by atoms with E-state index >= 15 is 0 Å². The average molecular weight is 432 g/mol. The zero-order valence-corrected chi connectivity index (χ0v) is 17.6. The van der Waals surface area contributed by atoms with E-state index in [0.717, 1.165) is 0 Å². The number of nitriles is 1. The lowest BCUT2D eigenvalue weighted by Crippen LogP contribution is -2.50. The molecule has 1 aliphatic heterocycles. The number of hydrogen-bond acceptors (Lipinski definition) is 7. The molecule has 1 heterocycles. The predicted octanol–water partition coefficient (Wildman–Crippen LogP) is 1.03. The molecule has 0 unspecified atom stereocenters. The molecule has 0 aliphatic carbocycles. The van der Waals surface area contributed by atoms with Crippen molar-refractivity contribution in [2.24, 2.45) is 0 Å². The van der Waals surface area contributed by atoms with E-state index in [0.29, 0.717) is 25.0 Å². The van der Waals surface area contributed by atoms with Crippen molar-refractivity contribution < 1.29 is 26.3 Å². The number of ether oxygens (including phenoxy) is 2. The maximum atomic E-state index is 13.0. The third-order valence-corrected chi connectivity index (χ3v) is 8.40. The summed E-state index contributed by atoms with van der Waals surface area (Å²) in [6.45, 7) is 0.290. The lowest BCUT2D eigenvalue weighted by molar-refractivity contribution is 0.271. The van der Waals surface area contributed by atoms with Crippen LogP contribution in [-0.2, 0) is 20.0 Å². The molecule has 156 valence electrons. The number of unbranched alkanes of at least 4 members (excludes halogenated alkanes) is 2. The topological polar surface area (TPSA) is 117 Å². The number of sulfonamides is 2. The average Bonchev–Trinajstić information content (AvgIpc) is 2.70. The summed E-state index contributed by atoms with van der Waals surface area (Å²) in [4.78, 5) is -0.0119. The van der Waals surface area contributed by atoms with E-state index in [2.05, 4.69) is 0 Å². The summed E-state index contributed by atoms with van der Waals surface area (Å²) < 4.78 is 63.7. The van der Waals surface area contributed by atoms with Crippen LogP contribution in [0.25, 0.3) is 0 Å². The monoisotopic (exact) mass is 431 g/mol. The second-order valence-electron chi connectivity index (χ2n) is 6.25. The van der Waals surface area contributed by atoms with E-state index in [1.165, 1.54) is 35.0 Å². The summed E-state index contributed by atoms with van der Waals surface area (Å²) in [5, 5.41) is 8.53. The van der Waals surface area contributed by atoms with Gasteiger partial charge in [-0.2, -0.15) is 13.9 Å². The van der Waals surface area contributed by atoms with Crippen molar-refractivity contribution in [1.29, 1.82) is 5.26 Å². The Morgan fingerprint density at radius 2 is 1.64 bits per heavy atom. The summed E-state index contributed by atoms with van der Waals surface area (Å²) in [5.41, 5.74) is 0. The van der Waals surface area contributed by atoms with Crippen molar-refractivity contribution in [3.63, 3.8) is 0 Å². The number of nitrogens with zero attached hydrogens (tertiary/aromatic N) is 3. The van der Waals surface area contributed by atoms with Gasteiger partial charge in [0.2, 0.25) is 20.0 Å². The molecule has 1 aromatic carbocycles. The minimum atomic E-state index is -3.86. The Bertz CT molecular complexity index is 917. The van der Waals surface area contributed by atoms with Gasteiger partial charge in [0.1, 0.15) is 16.4 Å². The van der Waals surface area contributed by atoms with E-state index < -0.39 is 20.0 Å². The lowest BCUT2D eigenvalue weighted by Gasteiger charge is -2.33. The maximum Gasteiger partial charge on any atom is 0.246 e. The van der Waals surface area contributed by atoms with Crippen LogP contribution in [0.2, 0.25) is 0 Å². The van der Waals surface area contributed by atoms with E-state index in [4.69, 9.17) is 14.7 Å². The zero-order chi connectivity index (χ0) is 20.8. The summed E-state index contributed by atoms with van der Waals surface area (Å²) >= 11 is 0. The molecule has 11 heteroatoms. The van der Waals surface area contributed by atoms with Gasteiger partial charge in [0.15, 0.2) is 0 Å². The standard InChI is InChI=1S/C17H25N3O6S2/c1-25-15-6-7-16(26-2)17(14-15)28(23,24)20-11-9-19(10-12-20)27(21,22)13-5-3-4-8-18/h6-7,14H,3-5,9-13H2,1-2H3. The van der Waals surface area contributed by atoms with E-state index in [-0.39, 0.29) is 42.6 Å². The van der Waals surface area contributed by atoms with Crippen LogP contribution in [0.4, 0.5) is 0 Å². The quantitative estimate of drug-likeness (QED) is 0.536. The van der Waals surface area contributed by atoms with Crippen molar-refractivity contribution in [2.75, 3.05) is 46.2 Å². The van der Waals surface area contributed by atoms with E-state index in [9.17, 15) is 16.8 Å². The third kappa shape index (κ3) is 5.14. The van der Waals surface area contributed by atoms with Crippen LogP contribution in [0.15, 0.2) is 23.1 Å². The number of rotatable bonds is 9. The fourth-order valence-electron chi connectivity index (χ4n) is 2.93. The maximum absolute atomic E-state index is 13.0. The van der Waals surface area contributed by atoms with Gasteiger partial charge in [-0.1, -0.05) is 0 Å². The minimum absolute atomic E-state index is 0.0119. The first-order valence-electron chi connectivity index (χ1n) is 8.83. The molecular formula is C17H25N3O6S2. The Balaban J connectivity index is 2.09. The normalized spacial score (nSPS) is 16.5. The summed E-state index contributed by atoms with van der Waals surface area (Å²) in [7, 11) is -4.49. The van der Waals surface area contributed by atoms with Crippen LogP contribution in [0.3, 0.4) is 0 Å². The molecule has 28 heavy (non-hydrogen) atoms. The fraction of sp³-hybridized carbons (Fsp3) is 0.588. The Hall–Kier alpha value is -1.87. The van der Waals surface area contributed by atoms with Crippen molar-refractivity contribution in [3.8, 4) is 17.6 Å². The van der Waals surface area contributed by atoms with Crippen molar-refractivity contribution >= 4 is 20.0 Å². The second-order valence-corrected chi connectivity index (χ2v) is 10.2. The lowest BCUT2D eigenvalue weighted by atomic mass is 10.3. The summed E-state index contributed by atoms with van der Waals surface area (Å²) in [6, 6.07) is 6.51. The molecule has 1 fully saturated rings. The largest absolute Gasteiger partial charge is 0.497 e. The van der Waals surface area contributed by atoms with Crippen LogP contribution in [0.1, 0.15) is 19.3 Å². The van der Waals surface area contributed by atoms with Gasteiger partial charge in [0.05, 0.1) is 26.0 Å². The molecule has 0 amide bonds. The van der Waals surface area contributed by atoms with Crippen LogP contribution < -0.4 is 9.47 Å².